The van der Waals surface area contributed by atoms with E-state index in [1.54, 1.807) is 0 Å². The van der Waals surface area contributed by atoms with Gasteiger partial charge in [0.1, 0.15) is 11.5 Å². The van der Waals surface area contributed by atoms with Gasteiger partial charge in [-0.2, -0.15) is 0 Å². The van der Waals surface area contributed by atoms with Crippen LogP contribution in [0.25, 0.3) is 11.5 Å². The summed E-state index contributed by atoms with van der Waals surface area (Å²) in [5.41, 5.74) is 2.70. The van der Waals surface area contributed by atoms with Gasteiger partial charge in [-0.05, 0) is 36.8 Å². The molecule has 0 aliphatic heterocycles. The van der Waals surface area contributed by atoms with Crippen molar-refractivity contribution in [2.24, 2.45) is 0 Å². The van der Waals surface area contributed by atoms with Crippen molar-refractivity contribution in [2.75, 3.05) is 13.7 Å². The van der Waals surface area contributed by atoms with Gasteiger partial charge in [-0.1, -0.05) is 30.3 Å². The molecule has 3 rings (SSSR count). The number of oxazole rings is 1. The zero-order valence-corrected chi connectivity index (χ0v) is 14.9. The minimum atomic E-state index is -0.270. The number of aromatic nitrogens is 1. The van der Waals surface area contributed by atoms with Crippen LogP contribution in [0.1, 0.15) is 17.0 Å². The van der Waals surface area contributed by atoms with Crippen LogP contribution in [0.3, 0.4) is 0 Å². The van der Waals surface area contributed by atoms with E-state index in [0.717, 1.165) is 28.3 Å². The van der Waals surface area contributed by atoms with Crippen molar-refractivity contribution in [3.05, 3.63) is 71.6 Å². The molecule has 5 nitrogen and oxygen atoms in total. The van der Waals surface area contributed by atoms with Crippen molar-refractivity contribution in [3.63, 3.8) is 0 Å². The number of rotatable bonds is 7. The molecule has 0 aliphatic rings. The molecule has 0 aliphatic carbocycles. The van der Waals surface area contributed by atoms with Gasteiger partial charge in [0.05, 0.1) is 25.8 Å². The monoisotopic (exact) mass is 351 g/mol. The van der Waals surface area contributed by atoms with Crippen LogP contribution in [0.5, 0.6) is 5.75 Å². The summed E-state index contributed by atoms with van der Waals surface area (Å²) < 4.78 is 16.2. The lowest BCUT2D eigenvalue weighted by molar-refractivity contribution is -0.139. The largest absolute Gasteiger partial charge is 0.493 e. The number of benzene rings is 2. The second-order valence-electron chi connectivity index (χ2n) is 5.89. The summed E-state index contributed by atoms with van der Waals surface area (Å²) >= 11 is 0. The fourth-order valence-electron chi connectivity index (χ4n) is 2.61. The molecule has 134 valence electrons. The third-order valence-corrected chi connectivity index (χ3v) is 4.00. The second-order valence-corrected chi connectivity index (χ2v) is 5.89. The highest BCUT2D eigenvalue weighted by Gasteiger charge is 2.11. The van der Waals surface area contributed by atoms with Gasteiger partial charge in [-0.15, -0.1) is 0 Å². The van der Waals surface area contributed by atoms with Crippen molar-refractivity contribution in [1.82, 2.24) is 4.98 Å². The van der Waals surface area contributed by atoms with Crippen molar-refractivity contribution < 1.29 is 18.7 Å². The number of nitrogens with zero attached hydrogens (tertiary/aromatic N) is 1. The molecule has 0 spiro atoms. The Hall–Kier alpha value is -3.08. The first-order valence-corrected chi connectivity index (χ1v) is 8.46. The molecule has 0 amide bonds. The lowest BCUT2D eigenvalue weighted by atomic mass is 10.1. The Morgan fingerprint density at radius 2 is 1.92 bits per heavy atom. The van der Waals surface area contributed by atoms with E-state index in [-0.39, 0.29) is 12.4 Å². The molecule has 3 aromatic rings. The predicted octanol–water partition coefficient (Wildman–Crippen LogP) is 3.99. The number of methoxy groups -OCH3 is 1. The van der Waals surface area contributed by atoms with Crippen LogP contribution in [-0.4, -0.2) is 24.7 Å². The van der Waals surface area contributed by atoms with Crippen LogP contribution in [0.2, 0.25) is 0 Å². The standard InChI is InChI=1S/C21H21NO4/c1-15-19(22-21(26-15)17-8-4-3-5-9-17)11-12-25-18-10-6-7-16(13-18)14-20(23)24-2/h3-10,13H,11-12,14H2,1-2H3. The molecule has 0 fully saturated rings. The number of carbonyl (C=O) groups excluding carboxylic acids is 1. The molecule has 2 aromatic carbocycles. The van der Waals surface area contributed by atoms with E-state index < -0.39 is 0 Å². The van der Waals surface area contributed by atoms with E-state index in [4.69, 9.17) is 9.15 Å². The van der Waals surface area contributed by atoms with Gasteiger partial charge in [-0.3, -0.25) is 4.79 Å². The smallest absolute Gasteiger partial charge is 0.309 e. The summed E-state index contributed by atoms with van der Waals surface area (Å²) in [4.78, 5) is 15.9. The highest BCUT2D eigenvalue weighted by atomic mass is 16.5. The minimum Gasteiger partial charge on any atom is -0.493 e. The molecule has 0 radical (unpaired) electrons. The van der Waals surface area contributed by atoms with Gasteiger partial charge in [0.25, 0.3) is 0 Å². The first kappa shape index (κ1) is 17.7. The summed E-state index contributed by atoms with van der Waals surface area (Å²) in [6.45, 7) is 2.38. The van der Waals surface area contributed by atoms with Crippen molar-refractivity contribution in [2.45, 2.75) is 19.8 Å². The Labute approximate surface area is 152 Å². The SMILES string of the molecule is COC(=O)Cc1cccc(OCCc2nc(-c3ccccc3)oc2C)c1. The van der Waals surface area contributed by atoms with Crippen LogP contribution in [0.15, 0.2) is 59.0 Å². The Kier molecular flexibility index (Phi) is 5.69. The number of hydrogen-bond acceptors (Lipinski definition) is 5. The third kappa shape index (κ3) is 4.51. The summed E-state index contributed by atoms with van der Waals surface area (Å²) in [7, 11) is 1.38. The zero-order chi connectivity index (χ0) is 18.4. The topological polar surface area (TPSA) is 61.6 Å². The van der Waals surface area contributed by atoms with E-state index in [1.165, 1.54) is 7.11 Å². The average molecular weight is 351 g/mol. The first-order chi connectivity index (χ1) is 12.7. The van der Waals surface area contributed by atoms with Crippen LogP contribution in [-0.2, 0) is 22.4 Å². The minimum absolute atomic E-state index is 0.233. The zero-order valence-electron chi connectivity index (χ0n) is 14.9. The average Bonchev–Trinajstić information content (AvgIpc) is 3.03. The first-order valence-electron chi connectivity index (χ1n) is 8.46. The molecule has 0 N–H and O–H groups in total. The Morgan fingerprint density at radius 1 is 1.12 bits per heavy atom. The maximum absolute atomic E-state index is 11.4. The molecule has 5 heteroatoms. The Balaban J connectivity index is 1.59. The number of aryl methyl sites for hydroxylation is 1. The van der Waals surface area contributed by atoms with Crippen molar-refractivity contribution in [3.8, 4) is 17.2 Å². The fourth-order valence-corrected chi connectivity index (χ4v) is 2.61. The van der Waals surface area contributed by atoms with Gasteiger partial charge in [0, 0.05) is 12.0 Å². The molecular formula is C21H21NO4. The number of esters is 1. The number of ether oxygens (including phenoxy) is 2. The maximum Gasteiger partial charge on any atom is 0.309 e. The van der Waals surface area contributed by atoms with Gasteiger partial charge < -0.3 is 13.9 Å². The molecule has 1 aromatic heterocycles. The summed E-state index contributed by atoms with van der Waals surface area (Å²) in [6, 6.07) is 17.3. The summed E-state index contributed by atoms with van der Waals surface area (Å²) in [5, 5.41) is 0. The molecule has 0 bridgehead atoms. The van der Waals surface area contributed by atoms with E-state index in [0.29, 0.717) is 18.9 Å². The van der Waals surface area contributed by atoms with E-state index in [1.807, 2.05) is 61.5 Å². The molecule has 0 saturated heterocycles. The van der Waals surface area contributed by atoms with Gasteiger partial charge in [-0.25, -0.2) is 4.98 Å². The van der Waals surface area contributed by atoms with Gasteiger partial charge in [0.2, 0.25) is 5.89 Å². The lowest BCUT2D eigenvalue weighted by Crippen LogP contribution is -2.06. The summed E-state index contributed by atoms with van der Waals surface area (Å²) in [6.07, 6.45) is 0.875. The van der Waals surface area contributed by atoms with Crippen molar-refractivity contribution >= 4 is 5.97 Å². The third-order valence-electron chi connectivity index (χ3n) is 4.00. The molecule has 1 heterocycles. The summed E-state index contributed by atoms with van der Waals surface area (Å²) in [5.74, 6) is 1.87. The van der Waals surface area contributed by atoms with Crippen molar-refractivity contribution in [1.29, 1.82) is 0 Å². The molecular weight excluding hydrogens is 330 g/mol. The van der Waals surface area contributed by atoms with E-state index in [9.17, 15) is 4.79 Å². The van der Waals surface area contributed by atoms with E-state index >= 15 is 0 Å². The molecule has 0 saturated carbocycles. The highest BCUT2D eigenvalue weighted by molar-refractivity contribution is 5.72. The molecule has 0 atom stereocenters. The van der Waals surface area contributed by atoms with Crippen LogP contribution in [0, 0.1) is 6.92 Å². The normalized spacial score (nSPS) is 10.5. The lowest BCUT2D eigenvalue weighted by Gasteiger charge is -2.07. The van der Waals surface area contributed by atoms with Crippen LogP contribution < -0.4 is 4.74 Å². The number of carbonyl (C=O) groups is 1. The van der Waals surface area contributed by atoms with E-state index in [2.05, 4.69) is 9.72 Å². The fraction of sp³-hybridized carbons (Fsp3) is 0.238. The quantitative estimate of drug-likeness (QED) is 0.602. The second kappa shape index (κ2) is 8.34. The maximum atomic E-state index is 11.4. The predicted molar refractivity (Wildman–Crippen MR) is 98.0 cm³/mol. The Morgan fingerprint density at radius 3 is 2.69 bits per heavy atom. The van der Waals surface area contributed by atoms with Crippen LogP contribution in [0.4, 0.5) is 0 Å². The molecule has 26 heavy (non-hydrogen) atoms. The van der Waals surface area contributed by atoms with Gasteiger partial charge in [0.15, 0.2) is 0 Å². The van der Waals surface area contributed by atoms with Crippen LogP contribution >= 0.6 is 0 Å². The van der Waals surface area contributed by atoms with Gasteiger partial charge >= 0.3 is 5.97 Å². The Bertz CT molecular complexity index is 871. The number of hydrogen-bond donors (Lipinski definition) is 0. The highest BCUT2D eigenvalue weighted by Crippen LogP contribution is 2.22. The molecule has 0 unspecified atom stereocenters.